The van der Waals surface area contributed by atoms with Crippen LogP contribution in [0.25, 0.3) is 0 Å². The number of hydrogen-bond acceptors (Lipinski definition) is 0. The molecule has 2 aliphatic carbocycles. The van der Waals surface area contributed by atoms with E-state index in [4.69, 9.17) is 0 Å². The fraction of sp³-hybridized carbons (Fsp3) is 0.833. The maximum Gasteiger partial charge on any atom is -0.0205 e. The van der Waals surface area contributed by atoms with Crippen molar-refractivity contribution in [3.05, 3.63) is 24.8 Å². The Hall–Kier alpha value is -0.520. The Morgan fingerprint density at radius 1 is 0.833 bits per heavy atom. The lowest BCUT2D eigenvalue weighted by atomic mass is 9.75. The Labute approximate surface area is 152 Å². The van der Waals surface area contributed by atoms with Gasteiger partial charge in [-0.15, -0.1) is 6.58 Å². The van der Waals surface area contributed by atoms with Gasteiger partial charge >= 0.3 is 0 Å². The van der Waals surface area contributed by atoms with Crippen LogP contribution in [0, 0.1) is 23.7 Å². The molecule has 0 radical (unpaired) electrons. The molecular formula is C24H42. The van der Waals surface area contributed by atoms with Crippen molar-refractivity contribution >= 4 is 0 Å². The maximum atomic E-state index is 3.87. The average Bonchev–Trinajstić information content (AvgIpc) is 2.63. The van der Waals surface area contributed by atoms with Gasteiger partial charge in [0.1, 0.15) is 0 Å². The minimum atomic E-state index is 0.902. The van der Waals surface area contributed by atoms with Gasteiger partial charge in [0.25, 0.3) is 0 Å². The standard InChI is InChI=1S/C24H42/c1-3-5-11-21-17-19-22(20-18-21)12-7-8-14-24-16-10-9-15-23(24)13-6-4-2/h3,6,13,21-24H,1,4-5,7-12,14-20H2,2H3/b13-6+/t21-,22-,23?,24?. The van der Waals surface area contributed by atoms with Crippen molar-refractivity contribution < 1.29 is 0 Å². The lowest BCUT2D eigenvalue weighted by Crippen LogP contribution is -2.18. The maximum absolute atomic E-state index is 3.87. The molecule has 2 aliphatic rings. The van der Waals surface area contributed by atoms with Crippen LogP contribution in [-0.4, -0.2) is 0 Å². The topological polar surface area (TPSA) is 0 Å². The van der Waals surface area contributed by atoms with E-state index in [1.807, 2.05) is 0 Å². The zero-order chi connectivity index (χ0) is 17.0. The van der Waals surface area contributed by atoms with Crippen LogP contribution >= 0.6 is 0 Å². The summed E-state index contributed by atoms with van der Waals surface area (Å²) < 4.78 is 0. The first-order valence-corrected chi connectivity index (χ1v) is 11.1. The summed E-state index contributed by atoms with van der Waals surface area (Å²) in [6.45, 7) is 6.13. The third-order valence-electron chi connectivity index (χ3n) is 6.77. The van der Waals surface area contributed by atoms with Gasteiger partial charge in [-0.2, -0.15) is 0 Å². The van der Waals surface area contributed by atoms with Gasteiger partial charge in [0.05, 0.1) is 0 Å². The highest BCUT2D eigenvalue weighted by molar-refractivity contribution is 4.93. The molecule has 2 rings (SSSR count). The highest BCUT2D eigenvalue weighted by Crippen LogP contribution is 2.37. The van der Waals surface area contributed by atoms with Crippen LogP contribution in [-0.2, 0) is 0 Å². The molecule has 0 heteroatoms. The van der Waals surface area contributed by atoms with E-state index in [1.54, 1.807) is 0 Å². The normalized spacial score (nSPS) is 31.4. The van der Waals surface area contributed by atoms with E-state index in [0.717, 1.165) is 23.7 Å². The quantitative estimate of drug-likeness (QED) is 0.280. The third-order valence-corrected chi connectivity index (χ3v) is 6.77. The van der Waals surface area contributed by atoms with Crippen molar-refractivity contribution in [1.82, 2.24) is 0 Å². The van der Waals surface area contributed by atoms with Crippen molar-refractivity contribution in [3.8, 4) is 0 Å². The Morgan fingerprint density at radius 2 is 1.50 bits per heavy atom. The second-order valence-electron chi connectivity index (χ2n) is 8.58. The molecule has 0 spiro atoms. The van der Waals surface area contributed by atoms with Crippen molar-refractivity contribution in [2.45, 2.75) is 103 Å². The van der Waals surface area contributed by atoms with E-state index in [-0.39, 0.29) is 0 Å². The van der Waals surface area contributed by atoms with Crippen molar-refractivity contribution in [3.63, 3.8) is 0 Å². The number of unbranched alkanes of at least 4 members (excludes halogenated alkanes) is 1. The largest absolute Gasteiger partial charge is 0.103 e. The summed E-state index contributed by atoms with van der Waals surface area (Å²) in [7, 11) is 0. The minimum absolute atomic E-state index is 0.902. The highest BCUT2D eigenvalue weighted by Gasteiger charge is 2.23. The number of allylic oxidation sites excluding steroid dienone is 3. The van der Waals surface area contributed by atoms with E-state index < -0.39 is 0 Å². The summed E-state index contributed by atoms with van der Waals surface area (Å²) in [5, 5.41) is 0. The SMILES string of the molecule is C=CCC[C@H]1CC[C@H](CCCCC2CCCCC2/C=C/CC)CC1. The number of hydrogen-bond donors (Lipinski definition) is 0. The Kier molecular flexibility index (Phi) is 9.85. The first-order valence-electron chi connectivity index (χ1n) is 11.1. The average molecular weight is 331 g/mol. The summed E-state index contributed by atoms with van der Waals surface area (Å²) in [4.78, 5) is 0. The van der Waals surface area contributed by atoms with Crippen molar-refractivity contribution in [2.24, 2.45) is 23.7 Å². The molecule has 0 aromatic rings. The monoisotopic (exact) mass is 330 g/mol. The van der Waals surface area contributed by atoms with Gasteiger partial charge in [0.15, 0.2) is 0 Å². The van der Waals surface area contributed by atoms with Gasteiger partial charge < -0.3 is 0 Å². The lowest BCUT2D eigenvalue weighted by molar-refractivity contribution is 0.237. The smallest absolute Gasteiger partial charge is 0.0205 e. The summed E-state index contributed by atoms with van der Waals surface area (Å²) in [5.74, 6) is 3.95. The molecule has 0 aliphatic heterocycles. The fourth-order valence-electron chi connectivity index (χ4n) is 5.16. The fourth-order valence-corrected chi connectivity index (χ4v) is 5.16. The lowest BCUT2D eigenvalue weighted by Gasteiger charge is -2.30. The van der Waals surface area contributed by atoms with E-state index in [9.17, 15) is 0 Å². The summed E-state index contributed by atoms with van der Waals surface area (Å²) in [5.41, 5.74) is 0. The highest BCUT2D eigenvalue weighted by atomic mass is 14.3. The van der Waals surface area contributed by atoms with E-state index in [1.165, 1.54) is 96.3 Å². The van der Waals surface area contributed by atoms with Gasteiger partial charge in [-0.3, -0.25) is 0 Å². The van der Waals surface area contributed by atoms with E-state index in [0.29, 0.717) is 0 Å². The van der Waals surface area contributed by atoms with Crippen LogP contribution in [0.5, 0.6) is 0 Å². The summed E-state index contributed by atoms with van der Waals surface area (Å²) in [6, 6.07) is 0. The van der Waals surface area contributed by atoms with Gasteiger partial charge in [-0.25, -0.2) is 0 Å². The molecule has 0 aromatic heterocycles. The van der Waals surface area contributed by atoms with Crippen LogP contribution in [0.4, 0.5) is 0 Å². The molecule has 2 unspecified atom stereocenters. The predicted molar refractivity (Wildman–Crippen MR) is 108 cm³/mol. The molecule has 2 fully saturated rings. The van der Waals surface area contributed by atoms with Crippen molar-refractivity contribution in [2.75, 3.05) is 0 Å². The molecule has 0 aromatic carbocycles. The first kappa shape index (κ1) is 19.8. The Morgan fingerprint density at radius 3 is 2.21 bits per heavy atom. The summed E-state index contributed by atoms with van der Waals surface area (Å²) >= 11 is 0. The molecule has 0 N–H and O–H groups in total. The second kappa shape index (κ2) is 11.9. The summed E-state index contributed by atoms with van der Waals surface area (Å²) in [6.07, 6.45) is 28.7. The zero-order valence-corrected chi connectivity index (χ0v) is 16.4. The van der Waals surface area contributed by atoms with E-state index >= 15 is 0 Å². The van der Waals surface area contributed by atoms with Gasteiger partial charge in [0.2, 0.25) is 0 Å². The molecule has 0 amide bonds. The molecule has 24 heavy (non-hydrogen) atoms. The van der Waals surface area contributed by atoms with Gasteiger partial charge in [-0.05, 0) is 62.2 Å². The molecular weight excluding hydrogens is 288 g/mol. The van der Waals surface area contributed by atoms with Crippen LogP contribution in [0.1, 0.15) is 103 Å². The van der Waals surface area contributed by atoms with Crippen LogP contribution in [0.15, 0.2) is 24.8 Å². The van der Waals surface area contributed by atoms with Gasteiger partial charge in [-0.1, -0.05) is 82.9 Å². The predicted octanol–water partition coefficient (Wildman–Crippen LogP) is 8.09. The Bertz CT molecular complexity index is 345. The molecule has 0 bridgehead atoms. The van der Waals surface area contributed by atoms with Gasteiger partial charge in [0, 0.05) is 0 Å². The molecule has 0 saturated heterocycles. The minimum Gasteiger partial charge on any atom is -0.103 e. The van der Waals surface area contributed by atoms with Crippen LogP contribution < -0.4 is 0 Å². The number of rotatable bonds is 10. The van der Waals surface area contributed by atoms with Crippen LogP contribution in [0.3, 0.4) is 0 Å². The molecule has 0 nitrogen and oxygen atoms in total. The second-order valence-corrected chi connectivity index (χ2v) is 8.58. The Balaban J connectivity index is 1.57. The van der Waals surface area contributed by atoms with Crippen LogP contribution in [0.2, 0.25) is 0 Å². The third kappa shape index (κ3) is 7.16. The van der Waals surface area contributed by atoms with Crippen molar-refractivity contribution in [1.29, 1.82) is 0 Å². The zero-order valence-electron chi connectivity index (χ0n) is 16.4. The molecule has 2 atom stereocenters. The first-order chi connectivity index (χ1) is 11.8. The molecule has 0 heterocycles. The molecule has 2 saturated carbocycles. The molecule has 138 valence electrons. The van der Waals surface area contributed by atoms with E-state index in [2.05, 4.69) is 31.7 Å².